The van der Waals surface area contributed by atoms with Crippen LogP contribution in [0.25, 0.3) is 0 Å². The smallest absolute Gasteiger partial charge is 0.107 e. The lowest BCUT2D eigenvalue weighted by molar-refractivity contribution is 0.577. The Labute approximate surface area is 133 Å². The Hall–Kier alpha value is 0.130. The molecule has 0 unspecified atom stereocenters. The zero-order valence-corrected chi connectivity index (χ0v) is 14.5. The van der Waals surface area contributed by atoms with E-state index in [1.165, 1.54) is 10.4 Å². The predicted molar refractivity (Wildman–Crippen MR) is 86.4 cm³/mol. The lowest BCUT2D eigenvalue weighted by Gasteiger charge is -2.15. The van der Waals surface area contributed by atoms with Gasteiger partial charge in [-0.1, -0.05) is 45.7 Å². The topological polar surface area (TPSA) is 12.0 Å². The first-order chi connectivity index (χ1) is 8.58. The van der Waals surface area contributed by atoms with E-state index in [-0.39, 0.29) is 0 Å². The van der Waals surface area contributed by atoms with Gasteiger partial charge in [0.05, 0.1) is 0 Å². The fourth-order valence-electron chi connectivity index (χ4n) is 1.67. The molecule has 1 aromatic carbocycles. The summed E-state index contributed by atoms with van der Waals surface area (Å²) in [4.78, 5) is 1.23. The van der Waals surface area contributed by atoms with Crippen LogP contribution < -0.4 is 5.32 Å². The van der Waals surface area contributed by atoms with Gasteiger partial charge in [-0.2, -0.15) is 0 Å². The standard InChI is InChI=1S/C13H12Br2ClNS/c1-8(10-4-2-3-5-11(10)14)17-7-9-6-12(15)13(16)18-9/h2-6,8,17H,7H2,1H3/t8-/m0/s1. The van der Waals surface area contributed by atoms with Crippen LogP contribution in [-0.4, -0.2) is 0 Å². The van der Waals surface area contributed by atoms with Gasteiger partial charge < -0.3 is 5.32 Å². The first-order valence-electron chi connectivity index (χ1n) is 5.49. The first kappa shape index (κ1) is 14.5. The van der Waals surface area contributed by atoms with Crippen molar-refractivity contribution in [1.82, 2.24) is 5.32 Å². The molecule has 0 saturated carbocycles. The largest absolute Gasteiger partial charge is 0.305 e. The maximum absolute atomic E-state index is 6.02. The Morgan fingerprint density at radius 2 is 2.00 bits per heavy atom. The molecule has 18 heavy (non-hydrogen) atoms. The summed E-state index contributed by atoms with van der Waals surface area (Å²) < 4.78 is 2.91. The zero-order chi connectivity index (χ0) is 13.1. The van der Waals surface area contributed by atoms with Gasteiger partial charge in [0, 0.05) is 26.4 Å². The Morgan fingerprint density at radius 3 is 2.61 bits per heavy atom. The van der Waals surface area contributed by atoms with Gasteiger partial charge in [-0.15, -0.1) is 11.3 Å². The monoisotopic (exact) mass is 407 g/mol. The molecule has 0 saturated heterocycles. The van der Waals surface area contributed by atoms with E-state index in [9.17, 15) is 0 Å². The minimum absolute atomic E-state index is 0.292. The summed E-state index contributed by atoms with van der Waals surface area (Å²) in [5.41, 5.74) is 1.26. The van der Waals surface area contributed by atoms with E-state index in [1.54, 1.807) is 11.3 Å². The quantitative estimate of drug-likeness (QED) is 0.675. The second-order valence-electron chi connectivity index (χ2n) is 3.96. The van der Waals surface area contributed by atoms with Crippen molar-refractivity contribution in [2.75, 3.05) is 0 Å². The Balaban J connectivity index is 2.00. The lowest BCUT2D eigenvalue weighted by atomic mass is 10.1. The Kier molecular flexibility index (Phi) is 5.27. The van der Waals surface area contributed by atoms with Gasteiger partial charge in [0.2, 0.25) is 0 Å². The molecule has 1 N–H and O–H groups in total. The van der Waals surface area contributed by atoms with E-state index >= 15 is 0 Å². The molecule has 1 heterocycles. The third-order valence-corrected chi connectivity index (χ3v) is 5.85. The van der Waals surface area contributed by atoms with Gasteiger partial charge in [0.1, 0.15) is 4.34 Å². The van der Waals surface area contributed by atoms with E-state index in [1.807, 2.05) is 6.07 Å². The van der Waals surface area contributed by atoms with Gasteiger partial charge in [-0.25, -0.2) is 0 Å². The molecule has 1 atom stereocenters. The van der Waals surface area contributed by atoms with E-state index in [2.05, 4.69) is 68.4 Å². The molecular weight excluding hydrogens is 397 g/mol. The summed E-state index contributed by atoms with van der Waals surface area (Å²) in [6.45, 7) is 2.98. The van der Waals surface area contributed by atoms with Crippen molar-refractivity contribution < 1.29 is 0 Å². The van der Waals surface area contributed by atoms with E-state index in [0.29, 0.717) is 6.04 Å². The molecule has 0 amide bonds. The van der Waals surface area contributed by atoms with Crippen molar-refractivity contribution >= 4 is 54.8 Å². The number of rotatable bonds is 4. The highest BCUT2D eigenvalue weighted by Crippen LogP contribution is 2.32. The average Bonchev–Trinajstić information content (AvgIpc) is 2.66. The molecule has 0 fully saturated rings. The molecule has 1 aromatic heterocycles. The van der Waals surface area contributed by atoms with Crippen molar-refractivity contribution in [1.29, 1.82) is 0 Å². The molecule has 0 radical (unpaired) electrons. The van der Waals surface area contributed by atoms with E-state index < -0.39 is 0 Å². The number of thiophene rings is 1. The molecule has 0 aliphatic heterocycles. The molecule has 0 spiro atoms. The molecular formula is C13H12Br2ClNS. The lowest BCUT2D eigenvalue weighted by Crippen LogP contribution is -2.17. The summed E-state index contributed by atoms with van der Waals surface area (Å²) in [5, 5.41) is 3.50. The number of halogens is 3. The zero-order valence-electron chi connectivity index (χ0n) is 9.71. The van der Waals surface area contributed by atoms with Crippen LogP contribution in [0, 0.1) is 0 Å². The van der Waals surface area contributed by atoms with Crippen LogP contribution in [0.2, 0.25) is 4.34 Å². The van der Waals surface area contributed by atoms with Crippen molar-refractivity contribution in [3.63, 3.8) is 0 Å². The van der Waals surface area contributed by atoms with Crippen LogP contribution >= 0.6 is 54.8 Å². The summed E-state index contributed by atoms with van der Waals surface area (Å²) in [5.74, 6) is 0. The summed E-state index contributed by atoms with van der Waals surface area (Å²) in [6.07, 6.45) is 0. The van der Waals surface area contributed by atoms with Crippen molar-refractivity contribution in [2.24, 2.45) is 0 Å². The average molecular weight is 410 g/mol. The summed E-state index contributed by atoms with van der Waals surface area (Å²) in [7, 11) is 0. The van der Waals surface area contributed by atoms with Crippen LogP contribution in [0.1, 0.15) is 23.4 Å². The van der Waals surface area contributed by atoms with E-state index in [4.69, 9.17) is 11.6 Å². The van der Waals surface area contributed by atoms with Gasteiger partial charge in [0.25, 0.3) is 0 Å². The third-order valence-electron chi connectivity index (χ3n) is 2.65. The molecule has 0 bridgehead atoms. The van der Waals surface area contributed by atoms with Crippen molar-refractivity contribution in [3.8, 4) is 0 Å². The molecule has 0 aliphatic rings. The SMILES string of the molecule is C[C@H](NCc1cc(Br)c(Cl)s1)c1ccccc1Br. The number of nitrogens with one attached hydrogen (secondary N) is 1. The fraction of sp³-hybridized carbons (Fsp3) is 0.231. The van der Waals surface area contributed by atoms with Crippen LogP contribution in [0.3, 0.4) is 0 Å². The van der Waals surface area contributed by atoms with Crippen LogP contribution in [0.15, 0.2) is 39.3 Å². The van der Waals surface area contributed by atoms with E-state index in [0.717, 1.165) is 19.8 Å². The Morgan fingerprint density at radius 1 is 1.28 bits per heavy atom. The minimum atomic E-state index is 0.292. The van der Waals surface area contributed by atoms with Gasteiger partial charge in [0.15, 0.2) is 0 Å². The van der Waals surface area contributed by atoms with Gasteiger partial charge in [-0.05, 0) is 40.5 Å². The first-order valence-corrected chi connectivity index (χ1v) is 8.27. The second kappa shape index (κ2) is 6.53. The van der Waals surface area contributed by atoms with Gasteiger partial charge >= 0.3 is 0 Å². The minimum Gasteiger partial charge on any atom is -0.305 e. The van der Waals surface area contributed by atoms with Gasteiger partial charge in [-0.3, -0.25) is 0 Å². The third kappa shape index (κ3) is 3.58. The molecule has 2 rings (SSSR count). The maximum atomic E-state index is 6.02. The van der Waals surface area contributed by atoms with Crippen molar-refractivity contribution in [2.45, 2.75) is 19.5 Å². The summed E-state index contributed by atoms with van der Waals surface area (Å²) in [6, 6.07) is 10.6. The predicted octanol–water partition coefficient (Wildman–Crippen LogP) is 5.78. The van der Waals surface area contributed by atoms with Crippen LogP contribution in [0.4, 0.5) is 0 Å². The molecule has 1 nitrogen and oxygen atoms in total. The second-order valence-corrected chi connectivity index (χ2v) is 7.41. The highest BCUT2D eigenvalue weighted by Gasteiger charge is 2.10. The molecule has 5 heteroatoms. The summed E-state index contributed by atoms with van der Waals surface area (Å²) >= 11 is 14.6. The number of hydrogen-bond acceptors (Lipinski definition) is 2. The number of benzene rings is 1. The Bertz CT molecular complexity index is 522. The van der Waals surface area contributed by atoms with Crippen molar-refractivity contribution in [3.05, 3.63) is 54.1 Å². The maximum Gasteiger partial charge on any atom is 0.107 e. The molecule has 0 aliphatic carbocycles. The fourth-order valence-corrected chi connectivity index (χ4v) is 4.04. The number of hydrogen-bond donors (Lipinski definition) is 1. The highest BCUT2D eigenvalue weighted by atomic mass is 79.9. The van der Waals surface area contributed by atoms with Crippen LogP contribution in [0.5, 0.6) is 0 Å². The molecule has 2 aromatic rings. The van der Waals surface area contributed by atoms with Crippen LogP contribution in [-0.2, 0) is 6.54 Å². The molecule has 96 valence electrons. The normalized spacial score (nSPS) is 12.7. The highest BCUT2D eigenvalue weighted by molar-refractivity contribution is 9.10.